The summed E-state index contributed by atoms with van der Waals surface area (Å²) in [5, 5.41) is 21.1. The monoisotopic (exact) mass is 558 g/mol. The summed E-state index contributed by atoms with van der Waals surface area (Å²) in [5.74, 6) is 6.15. The Labute approximate surface area is 240 Å². The van der Waals surface area contributed by atoms with Crippen LogP contribution in [0.1, 0.15) is 46.0 Å². The SMILES string of the molecule is Cc1nn2cccnc2c1C(=O)N[C@@H](C)c1nc2cccc(C#Cc3cnn(CCO)c3)c2c(=O)n1-c1ccccc1. The molecule has 6 aromatic rings. The normalized spacial score (nSPS) is 11.8. The minimum absolute atomic E-state index is 0.0283. The summed E-state index contributed by atoms with van der Waals surface area (Å²) in [4.78, 5) is 36.9. The lowest BCUT2D eigenvalue weighted by Gasteiger charge is -2.20. The molecule has 0 aliphatic heterocycles. The van der Waals surface area contributed by atoms with Crippen LogP contribution in [0, 0.1) is 18.8 Å². The van der Waals surface area contributed by atoms with Gasteiger partial charge in [-0.05, 0) is 44.2 Å². The van der Waals surface area contributed by atoms with E-state index in [2.05, 4.69) is 32.3 Å². The van der Waals surface area contributed by atoms with E-state index in [1.54, 1.807) is 72.1 Å². The highest BCUT2D eigenvalue weighted by molar-refractivity contribution is 6.01. The molecule has 208 valence electrons. The van der Waals surface area contributed by atoms with Gasteiger partial charge in [0.25, 0.3) is 11.5 Å². The molecular formula is C31H26N8O3. The number of fused-ring (bicyclic) bond motifs is 2. The van der Waals surface area contributed by atoms with E-state index in [1.807, 2.05) is 30.3 Å². The molecule has 1 atom stereocenters. The second-order valence-electron chi connectivity index (χ2n) is 9.65. The minimum atomic E-state index is -0.653. The average molecular weight is 559 g/mol. The lowest BCUT2D eigenvalue weighted by atomic mass is 10.1. The number of aryl methyl sites for hydroxylation is 1. The summed E-state index contributed by atoms with van der Waals surface area (Å²) in [7, 11) is 0. The lowest BCUT2D eigenvalue weighted by molar-refractivity contribution is 0.0938. The third kappa shape index (κ3) is 4.91. The van der Waals surface area contributed by atoms with Crippen LogP contribution in [0.25, 0.3) is 22.2 Å². The number of aliphatic hydroxyl groups excluding tert-OH is 1. The summed E-state index contributed by atoms with van der Waals surface area (Å²) in [6.07, 6.45) is 6.68. The van der Waals surface area contributed by atoms with Crippen molar-refractivity contribution in [1.82, 2.24) is 39.2 Å². The van der Waals surface area contributed by atoms with Crippen molar-refractivity contribution in [2.45, 2.75) is 26.4 Å². The molecule has 42 heavy (non-hydrogen) atoms. The molecule has 2 aromatic carbocycles. The molecule has 11 nitrogen and oxygen atoms in total. The largest absolute Gasteiger partial charge is 0.394 e. The number of carbonyl (C=O) groups is 1. The molecule has 0 spiro atoms. The van der Waals surface area contributed by atoms with Crippen molar-refractivity contribution in [2.75, 3.05) is 6.61 Å². The highest BCUT2D eigenvalue weighted by atomic mass is 16.3. The fourth-order valence-electron chi connectivity index (χ4n) is 4.86. The second kappa shape index (κ2) is 11.1. The fraction of sp³-hybridized carbons (Fsp3) is 0.161. The number of hydrogen-bond acceptors (Lipinski definition) is 7. The number of para-hydroxylation sites is 1. The predicted octanol–water partition coefficient (Wildman–Crippen LogP) is 2.82. The van der Waals surface area contributed by atoms with Gasteiger partial charge >= 0.3 is 0 Å². The molecule has 0 radical (unpaired) electrons. The van der Waals surface area contributed by atoms with Crippen molar-refractivity contribution in [2.24, 2.45) is 0 Å². The van der Waals surface area contributed by atoms with Crippen LogP contribution in [-0.4, -0.2) is 51.6 Å². The quantitative estimate of drug-likeness (QED) is 0.301. The first kappa shape index (κ1) is 26.6. The Balaban J connectivity index is 1.45. The van der Waals surface area contributed by atoms with Gasteiger partial charge in [0.05, 0.1) is 53.2 Å². The number of benzene rings is 2. The van der Waals surface area contributed by atoms with Gasteiger partial charge in [0.2, 0.25) is 0 Å². The van der Waals surface area contributed by atoms with E-state index in [1.165, 1.54) is 4.57 Å². The Kier molecular flexibility index (Phi) is 7.04. The molecule has 4 heterocycles. The van der Waals surface area contributed by atoms with E-state index < -0.39 is 6.04 Å². The maximum atomic E-state index is 14.2. The van der Waals surface area contributed by atoms with Gasteiger partial charge in [-0.3, -0.25) is 18.8 Å². The zero-order chi connectivity index (χ0) is 29.2. The molecule has 11 heteroatoms. The van der Waals surface area contributed by atoms with Crippen LogP contribution in [0.3, 0.4) is 0 Å². The summed E-state index contributed by atoms with van der Waals surface area (Å²) in [5.41, 5.74) is 3.26. The van der Waals surface area contributed by atoms with Gasteiger partial charge in [0.15, 0.2) is 5.65 Å². The first-order valence-electron chi connectivity index (χ1n) is 13.3. The molecule has 2 N–H and O–H groups in total. The third-order valence-corrected chi connectivity index (χ3v) is 6.77. The highest BCUT2D eigenvalue weighted by Gasteiger charge is 2.24. The molecule has 6 rings (SSSR count). The summed E-state index contributed by atoms with van der Waals surface area (Å²) < 4.78 is 4.67. The summed E-state index contributed by atoms with van der Waals surface area (Å²) in [6.45, 7) is 3.88. The van der Waals surface area contributed by atoms with Crippen LogP contribution >= 0.6 is 0 Å². The Morgan fingerprint density at radius 2 is 1.93 bits per heavy atom. The molecule has 0 saturated carbocycles. The van der Waals surface area contributed by atoms with Crippen LogP contribution in [0.15, 0.2) is 84.2 Å². The van der Waals surface area contributed by atoms with Crippen molar-refractivity contribution in [3.63, 3.8) is 0 Å². The second-order valence-corrected chi connectivity index (χ2v) is 9.65. The Morgan fingerprint density at radius 3 is 2.74 bits per heavy atom. The van der Waals surface area contributed by atoms with Gasteiger partial charge < -0.3 is 10.4 Å². The van der Waals surface area contributed by atoms with Crippen LogP contribution in [0.2, 0.25) is 0 Å². The van der Waals surface area contributed by atoms with Crippen LogP contribution in [0.5, 0.6) is 0 Å². The number of carbonyl (C=O) groups excluding carboxylic acids is 1. The van der Waals surface area contributed by atoms with Gasteiger partial charge in [-0.15, -0.1) is 0 Å². The molecule has 0 bridgehead atoms. The van der Waals surface area contributed by atoms with Crippen molar-refractivity contribution in [3.8, 4) is 17.5 Å². The maximum absolute atomic E-state index is 14.2. The molecule has 4 aromatic heterocycles. The van der Waals surface area contributed by atoms with Gasteiger partial charge in [-0.1, -0.05) is 36.1 Å². The van der Waals surface area contributed by atoms with Gasteiger partial charge in [-0.25, -0.2) is 14.5 Å². The predicted molar refractivity (Wildman–Crippen MR) is 156 cm³/mol. The zero-order valence-electron chi connectivity index (χ0n) is 22.9. The van der Waals surface area contributed by atoms with E-state index in [0.29, 0.717) is 57.0 Å². The van der Waals surface area contributed by atoms with Crippen molar-refractivity contribution in [3.05, 3.63) is 118 Å². The van der Waals surface area contributed by atoms with Crippen molar-refractivity contribution in [1.29, 1.82) is 0 Å². The number of rotatable bonds is 6. The molecule has 0 aliphatic rings. The van der Waals surface area contributed by atoms with Crippen LogP contribution < -0.4 is 10.9 Å². The van der Waals surface area contributed by atoms with E-state index in [0.717, 1.165) is 0 Å². The third-order valence-electron chi connectivity index (χ3n) is 6.77. The summed E-state index contributed by atoms with van der Waals surface area (Å²) in [6, 6.07) is 15.6. The molecule has 1 amide bonds. The van der Waals surface area contributed by atoms with E-state index >= 15 is 0 Å². The van der Waals surface area contributed by atoms with Gasteiger partial charge in [0, 0.05) is 24.2 Å². The standard InChI is InChI=1S/C31H26N8O3/c1-20-26(29-32-14-7-15-38(29)36-20)30(41)34-21(2)28-35-25-11-6-8-23(13-12-22-18-33-37(19-22)16-17-40)27(25)31(42)39(28)24-9-4-3-5-10-24/h3-11,14-15,18-19,21,40H,16-17H2,1-2H3,(H,34,41)/t21-/m0/s1. The molecule has 0 fully saturated rings. The fourth-order valence-corrected chi connectivity index (χ4v) is 4.86. The van der Waals surface area contributed by atoms with E-state index in [9.17, 15) is 9.59 Å². The Morgan fingerprint density at radius 1 is 1.10 bits per heavy atom. The van der Waals surface area contributed by atoms with Crippen molar-refractivity contribution < 1.29 is 9.90 Å². The number of nitrogens with zero attached hydrogens (tertiary/aromatic N) is 7. The molecular weight excluding hydrogens is 532 g/mol. The van der Waals surface area contributed by atoms with E-state index in [4.69, 9.17) is 10.1 Å². The number of hydrogen-bond donors (Lipinski definition) is 2. The Hall–Kier alpha value is -5.60. The number of nitrogens with one attached hydrogen (secondary N) is 1. The first-order chi connectivity index (χ1) is 20.4. The maximum Gasteiger partial charge on any atom is 0.267 e. The lowest BCUT2D eigenvalue weighted by Crippen LogP contribution is -2.33. The number of aromatic nitrogens is 7. The number of amides is 1. The molecule has 0 aliphatic carbocycles. The molecule has 0 saturated heterocycles. The van der Waals surface area contributed by atoms with Gasteiger partial charge in [-0.2, -0.15) is 10.2 Å². The number of aliphatic hydroxyl groups is 1. The Bertz CT molecular complexity index is 2070. The highest BCUT2D eigenvalue weighted by Crippen LogP contribution is 2.21. The van der Waals surface area contributed by atoms with Crippen LogP contribution in [-0.2, 0) is 6.54 Å². The van der Waals surface area contributed by atoms with Crippen LogP contribution in [0.4, 0.5) is 0 Å². The topological polar surface area (TPSA) is 132 Å². The summed E-state index contributed by atoms with van der Waals surface area (Å²) >= 11 is 0. The zero-order valence-corrected chi connectivity index (χ0v) is 22.9. The average Bonchev–Trinajstić information content (AvgIpc) is 3.59. The minimum Gasteiger partial charge on any atom is -0.394 e. The smallest absolute Gasteiger partial charge is 0.267 e. The van der Waals surface area contributed by atoms with E-state index in [-0.39, 0.29) is 18.1 Å². The van der Waals surface area contributed by atoms with Crippen molar-refractivity contribution >= 4 is 22.5 Å². The van der Waals surface area contributed by atoms with Gasteiger partial charge in [0.1, 0.15) is 11.4 Å². The first-order valence-corrected chi connectivity index (χ1v) is 13.3. The molecule has 0 unspecified atom stereocenters.